The smallest absolute Gasteiger partial charge is 0.00678 e. The van der Waals surface area contributed by atoms with Gasteiger partial charge in [0, 0.05) is 0 Å². The first-order chi connectivity index (χ1) is 11.6. The van der Waals surface area contributed by atoms with Crippen molar-refractivity contribution in [3.63, 3.8) is 0 Å². The molecule has 0 nitrogen and oxygen atoms in total. The Morgan fingerprint density at radius 2 is 1.08 bits per heavy atom. The molecule has 0 saturated heterocycles. The Morgan fingerprint density at radius 3 is 1.58 bits per heavy atom. The summed E-state index contributed by atoms with van der Waals surface area (Å²) in [4.78, 5) is 0. The SMILES string of the molecule is CC(C)c1ccc(-c2ccccc2)c(-c2ccccc2)c1C(C)C. The van der Waals surface area contributed by atoms with Gasteiger partial charge in [0.25, 0.3) is 0 Å². The van der Waals surface area contributed by atoms with Crippen LogP contribution in [0.15, 0.2) is 72.8 Å². The van der Waals surface area contributed by atoms with Gasteiger partial charge in [-0.1, -0.05) is 100 Å². The molecule has 122 valence electrons. The van der Waals surface area contributed by atoms with E-state index in [0.29, 0.717) is 11.8 Å². The average Bonchev–Trinajstić information content (AvgIpc) is 2.61. The van der Waals surface area contributed by atoms with E-state index < -0.39 is 0 Å². The van der Waals surface area contributed by atoms with Gasteiger partial charge in [0.05, 0.1) is 0 Å². The van der Waals surface area contributed by atoms with Gasteiger partial charge >= 0.3 is 0 Å². The zero-order valence-corrected chi connectivity index (χ0v) is 15.1. The van der Waals surface area contributed by atoms with Gasteiger partial charge in [0.2, 0.25) is 0 Å². The lowest BCUT2D eigenvalue weighted by Crippen LogP contribution is -2.03. The van der Waals surface area contributed by atoms with Crippen molar-refractivity contribution in [3.8, 4) is 22.3 Å². The molecule has 0 spiro atoms. The summed E-state index contributed by atoms with van der Waals surface area (Å²) >= 11 is 0. The molecule has 0 fully saturated rings. The van der Waals surface area contributed by atoms with Crippen LogP contribution in [-0.2, 0) is 0 Å². The maximum Gasteiger partial charge on any atom is -0.00678 e. The van der Waals surface area contributed by atoms with Crippen molar-refractivity contribution in [1.29, 1.82) is 0 Å². The number of benzene rings is 3. The Bertz CT molecular complexity index is 796. The maximum atomic E-state index is 2.33. The molecule has 0 saturated carbocycles. The lowest BCUT2D eigenvalue weighted by Gasteiger charge is -2.24. The van der Waals surface area contributed by atoms with Crippen molar-refractivity contribution in [3.05, 3.63) is 83.9 Å². The third-order valence-corrected chi connectivity index (χ3v) is 4.63. The van der Waals surface area contributed by atoms with Gasteiger partial charge < -0.3 is 0 Å². The van der Waals surface area contributed by atoms with Crippen molar-refractivity contribution in [2.75, 3.05) is 0 Å². The minimum absolute atomic E-state index is 0.487. The fourth-order valence-electron chi connectivity index (χ4n) is 3.54. The second kappa shape index (κ2) is 7.05. The van der Waals surface area contributed by atoms with Gasteiger partial charge in [-0.25, -0.2) is 0 Å². The minimum atomic E-state index is 0.487. The van der Waals surface area contributed by atoms with E-state index >= 15 is 0 Å². The molecule has 3 aromatic carbocycles. The van der Waals surface area contributed by atoms with Crippen LogP contribution in [0.3, 0.4) is 0 Å². The van der Waals surface area contributed by atoms with Gasteiger partial charge in [-0.3, -0.25) is 0 Å². The molecule has 0 N–H and O–H groups in total. The molecule has 24 heavy (non-hydrogen) atoms. The molecule has 3 rings (SSSR count). The zero-order chi connectivity index (χ0) is 17.1. The van der Waals surface area contributed by atoms with Gasteiger partial charge in [0.1, 0.15) is 0 Å². The van der Waals surface area contributed by atoms with Crippen LogP contribution in [-0.4, -0.2) is 0 Å². The molecule has 0 amide bonds. The lowest BCUT2D eigenvalue weighted by atomic mass is 9.80. The first-order valence-corrected chi connectivity index (χ1v) is 8.87. The summed E-state index contributed by atoms with van der Waals surface area (Å²) in [6, 6.07) is 26.2. The molecule has 0 atom stereocenters. The quantitative estimate of drug-likeness (QED) is 0.475. The molecule has 0 radical (unpaired) electrons. The molecule has 0 bridgehead atoms. The highest BCUT2D eigenvalue weighted by atomic mass is 14.2. The molecule has 0 heteroatoms. The van der Waals surface area contributed by atoms with Crippen molar-refractivity contribution >= 4 is 0 Å². The topological polar surface area (TPSA) is 0 Å². The predicted molar refractivity (Wildman–Crippen MR) is 105 cm³/mol. The predicted octanol–water partition coefficient (Wildman–Crippen LogP) is 7.27. The highest BCUT2D eigenvalue weighted by molar-refractivity contribution is 5.87. The fraction of sp³-hybridized carbons (Fsp3) is 0.250. The first-order valence-electron chi connectivity index (χ1n) is 8.87. The highest BCUT2D eigenvalue weighted by Gasteiger charge is 2.19. The van der Waals surface area contributed by atoms with E-state index in [0.717, 1.165) is 0 Å². The van der Waals surface area contributed by atoms with E-state index in [4.69, 9.17) is 0 Å². The Labute approximate surface area is 146 Å². The van der Waals surface area contributed by atoms with Crippen molar-refractivity contribution in [1.82, 2.24) is 0 Å². The summed E-state index contributed by atoms with van der Waals surface area (Å²) in [6.07, 6.45) is 0. The third kappa shape index (κ3) is 3.14. The largest absolute Gasteiger partial charge is 0.0622 e. The van der Waals surface area contributed by atoms with Crippen LogP contribution in [0.25, 0.3) is 22.3 Å². The van der Waals surface area contributed by atoms with E-state index in [1.165, 1.54) is 33.4 Å². The monoisotopic (exact) mass is 314 g/mol. The zero-order valence-electron chi connectivity index (χ0n) is 15.1. The van der Waals surface area contributed by atoms with Gasteiger partial charge in [-0.15, -0.1) is 0 Å². The Hall–Kier alpha value is -2.34. The number of hydrogen-bond acceptors (Lipinski definition) is 0. The molecule has 3 aromatic rings. The van der Waals surface area contributed by atoms with Crippen LogP contribution >= 0.6 is 0 Å². The van der Waals surface area contributed by atoms with Gasteiger partial charge in [-0.2, -0.15) is 0 Å². The normalized spacial score (nSPS) is 11.2. The highest BCUT2D eigenvalue weighted by Crippen LogP contribution is 2.41. The van der Waals surface area contributed by atoms with Gasteiger partial charge in [-0.05, 0) is 45.2 Å². The van der Waals surface area contributed by atoms with Crippen LogP contribution < -0.4 is 0 Å². The average molecular weight is 314 g/mol. The molecular formula is C24H26. The number of rotatable bonds is 4. The van der Waals surface area contributed by atoms with Crippen LogP contribution in [0.1, 0.15) is 50.7 Å². The van der Waals surface area contributed by atoms with Crippen LogP contribution in [0.2, 0.25) is 0 Å². The molecule has 0 aromatic heterocycles. The van der Waals surface area contributed by atoms with E-state index in [-0.39, 0.29) is 0 Å². The van der Waals surface area contributed by atoms with Crippen molar-refractivity contribution < 1.29 is 0 Å². The van der Waals surface area contributed by atoms with Crippen molar-refractivity contribution in [2.24, 2.45) is 0 Å². The summed E-state index contributed by atoms with van der Waals surface area (Å²) in [6.45, 7) is 9.20. The van der Waals surface area contributed by atoms with Crippen LogP contribution in [0, 0.1) is 0 Å². The standard InChI is InChI=1S/C24H26/c1-17(2)21-15-16-22(19-11-7-5-8-12-19)24(23(21)18(3)4)20-13-9-6-10-14-20/h5-18H,1-4H3. The second-order valence-corrected chi connectivity index (χ2v) is 7.03. The number of hydrogen-bond donors (Lipinski definition) is 0. The minimum Gasteiger partial charge on any atom is -0.0622 e. The van der Waals surface area contributed by atoms with E-state index in [1.54, 1.807) is 0 Å². The van der Waals surface area contributed by atoms with E-state index in [1.807, 2.05) is 0 Å². The van der Waals surface area contributed by atoms with E-state index in [2.05, 4.69) is 100 Å². The molecule has 0 aliphatic carbocycles. The summed E-state index contributed by atoms with van der Waals surface area (Å²) in [7, 11) is 0. The molecule has 0 unspecified atom stereocenters. The summed E-state index contributed by atoms with van der Waals surface area (Å²) in [5.74, 6) is 1.01. The molecule has 0 aliphatic rings. The second-order valence-electron chi connectivity index (χ2n) is 7.03. The van der Waals surface area contributed by atoms with Gasteiger partial charge in [0.15, 0.2) is 0 Å². The maximum absolute atomic E-state index is 2.33. The Kier molecular flexibility index (Phi) is 4.85. The Balaban J connectivity index is 2.37. The summed E-state index contributed by atoms with van der Waals surface area (Å²) in [5.41, 5.74) is 8.26. The fourth-order valence-corrected chi connectivity index (χ4v) is 3.54. The van der Waals surface area contributed by atoms with Crippen LogP contribution in [0.4, 0.5) is 0 Å². The summed E-state index contributed by atoms with van der Waals surface area (Å²) in [5, 5.41) is 0. The van der Waals surface area contributed by atoms with E-state index in [9.17, 15) is 0 Å². The third-order valence-electron chi connectivity index (χ3n) is 4.63. The Morgan fingerprint density at radius 1 is 0.542 bits per heavy atom. The lowest BCUT2D eigenvalue weighted by molar-refractivity contribution is 0.792. The van der Waals surface area contributed by atoms with Crippen molar-refractivity contribution in [2.45, 2.75) is 39.5 Å². The summed E-state index contributed by atoms with van der Waals surface area (Å²) < 4.78 is 0. The molecular weight excluding hydrogens is 288 g/mol. The van der Waals surface area contributed by atoms with Crippen LogP contribution in [0.5, 0.6) is 0 Å². The molecule has 0 aliphatic heterocycles. The molecule has 0 heterocycles. The first kappa shape index (κ1) is 16.5.